The fraction of sp³-hybridized carbons (Fsp3) is 0.789. The fourth-order valence-corrected chi connectivity index (χ4v) is 2.14. The Balaban J connectivity index is -0.000000867. The van der Waals surface area contributed by atoms with Gasteiger partial charge in [-0.05, 0) is 25.8 Å². The summed E-state index contributed by atoms with van der Waals surface area (Å²) in [6.45, 7) is 5.10. The molecule has 1 atom stereocenters. The van der Waals surface area contributed by atoms with E-state index in [1.165, 1.54) is 44.9 Å². The van der Waals surface area contributed by atoms with Crippen molar-refractivity contribution in [2.24, 2.45) is 23.1 Å². The summed E-state index contributed by atoms with van der Waals surface area (Å²) in [5, 5.41) is 0. The minimum absolute atomic E-state index is 0. The summed E-state index contributed by atoms with van der Waals surface area (Å²) in [7, 11) is 0. The van der Waals surface area contributed by atoms with Crippen molar-refractivity contribution in [2.75, 3.05) is 6.54 Å². The van der Waals surface area contributed by atoms with Crippen molar-refractivity contribution in [1.29, 1.82) is 0 Å². The SMILES string of the molecule is CCCCCCCCCCC=CC(CC(N)=O)C(N)=O.CCCN.[NaH]. The molecule has 0 aliphatic rings. The number of unbranched alkanes of at least 4 members (excludes halogenated alkanes) is 8. The van der Waals surface area contributed by atoms with Crippen LogP contribution in [0.25, 0.3) is 0 Å². The molecule has 0 heterocycles. The molecule has 0 spiro atoms. The third-order valence-electron chi connectivity index (χ3n) is 3.67. The Morgan fingerprint density at radius 1 is 0.880 bits per heavy atom. The fourth-order valence-electron chi connectivity index (χ4n) is 2.14. The molecule has 0 saturated heterocycles. The van der Waals surface area contributed by atoms with E-state index in [0.29, 0.717) is 0 Å². The number of hydrogen-bond donors (Lipinski definition) is 3. The third kappa shape index (κ3) is 26.0. The molecule has 0 saturated carbocycles. The monoisotopic (exact) mass is 365 g/mol. The summed E-state index contributed by atoms with van der Waals surface area (Å²) < 4.78 is 0. The van der Waals surface area contributed by atoms with E-state index in [1.54, 1.807) is 6.08 Å². The van der Waals surface area contributed by atoms with Gasteiger partial charge in [0.2, 0.25) is 11.8 Å². The second-order valence-corrected chi connectivity index (χ2v) is 6.16. The van der Waals surface area contributed by atoms with Gasteiger partial charge in [-0.15, -0.1) is 0 Å². The van der Waals surface area contributed by atoms with Crippen molar-refractivity contribution in [2.45, 2.75) is 84.5 Å². The molecule has 0 rings (SSSR count). The van der Waals surface area contributed by atoms with E-state index < -0.39 is 17.7 Å². The predicted molar refractivity (Wildman–Crippen MR) is 109 cm³/mol. The number of nitrogens with two attached hydrogens (primary N) is 3. The van der Waals surface area contributed by atoms with Gasteiger partial charge in [-0.3, -0.25) is 9.59 Å². The van der Waals surface area contributed by atoms with Crippen LogP contribution in [0.1, 0.15) is 84.5 Å². The first-order valence-corrected chi connectivity index (χ1v) is 9.43. The van der Waals surface area contributed by atoms with Crippen molar-refractivity contribution in [3.05, 3.63) is 12.2 Å². The predicted octanol–water partition coefficient (Wildman–Crippen LogP) is 2.76. The average molecular weight is 366 g/mol. The van der Waals surface area contributed by atoms with Crippen LogP contribution in [0.15, 0.2) is 12.2 Å². The van der Waals surface area contributed by atoms with Crippen LogP contribution in [0, 0.1) is 5.92 Å². The third-order valence-corrected chi connectivity index (χ3v) is 3.67. The number of allylic oxidation sites excluding steroid dienone is 1. The van der Waals surface area contributed by atoms with Crippen LogP contribution in [0.3, 0.4) is 0 Å². The van der Waals surface area contributed by atoms with E-state index in [1.807, 2.05) is 6.08 Å². The molecule has 0 aromatic heterocycles. The van der Waals surface area contributed by atoms with Gasteiger partial charge in [0.05, 0.1) is 5.92 Å². The van der Waals surface area contributed by atoms with Crippen molar-refractivity contribution >= 4 is 41.4 Å². The van der Waals surface area contributed by atoms with E-state index >= 15 is 0 Å². The zero-order chi connectivity index (χ0) is 18.6. The van der Waals surface area contributed by atoms with E-state index in [4.69, 9.17) is 17.2 Å². The van der Waals surface area contributed by atoms with Crippen LogP contribution in [0.5, 0.6) is 0 Å². The molecule has 144 valence electrons. The van der Waals surface area contributed by atoms with Gasteiger partial charge in [-0.2, -0.15) is 0 Å². The quantitative estimate of drug-likeness (QED) is 0.250. The first-order chi connectivity index (χ1) is 11.5. The van der Waals surface area contributed by atoms with E-state index in [0.717, 1.165) is 25.8 Å². The standard InChI is InChI=1S/C16H30N2O2.C3H9N.Na.H/c1-2-3-4-5-6-7-8-9-10-11-12-14(16(18)20)13-15(17)19;1-2-3-4;;/h11-12,14H,2-10,13H2,1H3,(H2,17,19)(H2,18,20);2-4H2,1H3;;. The molecule has 5 nitrogen and oxygen atoms in total. The first-order valence-electron chi connectivity index (χ1n) is 9.43. The van der Waals surface area contributed by atoms with Crippen LogP contribution >= 0.6 is 0 Å². The van der Waals surface area contributed by atoms with Crippen molar-refractivity contribution in [3.8, 4) is 0 Å². The summed E-state index contributed by atoms with van der Waals surface area (Å²) in [5.74, 6) is -1.54. The molecule has 1 unspecified atom stereocenters. The second kappa shape index (κ2) is 23.6. The maximum absolute atomic E-state index is 11.1. The molecule has 0 aromatic carbocycles. The van der Waals surface area contributed by atoms with Crippen LogP contribution in [0.2, 0.25) is 0 Å². The number of amides is 2. The Hall–Kier alpha value is -0.360. The van der Waals surface area contributed by atoms with Gasteiger partial charge in [0.1, 0.15) is 0 Å². The molecule has 0 bridgehead atoms. The minimum atomic E-state index is -0.554. The van der Waals surface area contributed by atoms with Crippen molar-refractivity contribution in [3.63, 3.8) is 0 Å². The first kappa shape index (κ1) is 29.4. The van der Waals surface area contributed by atoms with Gasteiger partial charge >= 0.3 is 29.6 Å². The van der Waals surface area contributed by atoms with E-state index in [9.17, 15) is 9.59 Å². The van der Waals surface area contributed by atoms with Gasteiger partial charge in [0.25, 0.3) is 0 Å². The van der Waals surface area contributed by atoms with Gasteiger partial charge in [0, 0.05) is 6.42 Å². The Kier molecular flexibility index (Phi) is 27.8. The Morgan fingerprint density at radius 2 is 1.36 bits per heavy atom. The zero-order valence-corrected chi connectivity index (χ0v) is 15.8. The molecule has 0 aliphatic heterocycles. The van der Waals surface area contributed by atoms with Crippen molar-refractivity contribution in [1.82, 2.24) is 0 Å². The molecular weight excluding hydrogens is 325 g/mol. The van der Waals surface area contributed by atoms with Gasteiger partial charge in [-0.1, -0.05) is 70.9 Å². The van der Waals surface area contributed by atoms with Crippen LogP contribution in [0.4, 0.5) is 0 Å². The Labute approximate surface area is 176 Å². The summed E-state index contributed by atoms with van der Waals surface area (Å²) in [6, 6.07) is 0. The number of carbonyl (C=O) groups is 2. The average Bonchev–Trinajstić information content (AvgIpc) is 2.55. The number of primary amides is 2. The second-order valence-electron chi connectivity index (χ2n) is 6.16. The zero-order valence-electron chi connectivity index (χ0n) is 15.8. The van der Waals surface area contributed by atoms with Crippen LogP contribution in [-0.4, -0.2) is 47.9 Å². The van der Waals surface area contributed by atoms with E-state index in [-0.39, 0.29) is 36.0 Å². The molecule has 6 heteroatoms. The molecule has 2 amide bonds. The van der Waals surface area contributed by atoms with Gasteiger partial charge < -0.3 is 17.2 Å². The van der Waals surface area contributed by atoms with Crippen molar-refractivity contribution < 1.29 is 9.59 Å². The summed E-state index contributed by atoms with van der Waals surface area (Å²) in [6.07, 6.45) is 15.9. The van der Waals surface area contributed by atoms with Gasteiger partial charge in [0.15, 0.2) is 0 Å². The molecule has 0 radical (unpaired) electrons. The summed E-state index contributed by atoms with van der Waals surface area (Å²) in [4.78, 5) is 21.9. The maximum atomic E-state index is 11.1. The Bertz CT molecular complexity index is 335. The summed E-state index contributed by atoms with van der Waals surface area (Å²) in [5.41, 5.74) is 15.3. The van der Waals surface area contributed by atoms with Crippen LogP contribution < -0.4 is 17.2 Å². The molecule has 25 heavy (non-hydrogen) atoms. The number of rotatable bonds is 14. The number of hydrogen-bond acceptors (Lipinski definition) is 3. The topological polar surface area (TPSA) is 112 Å². The normalized spacial score (nSPS) is 11.3. The number of carbonyl (C=O) groups excluding carboxylic acids is 2. The molecule has 0 fully saturated rings. The van der Waals surface area contributed by atoms with Crippen LogP contribution in [-0.2, 0) is 9.59 Å². The molecular formula is C19H40N3NaO2. The molecule has 6 N–H and O–H groups in total. The van der Waals surface area contributed by atoms with Gasteiger partial charge in [-0.25, -0.2) is 0 Å². The molecule has 0 aliphatic carbocycles. The molecule has 0 aromatic rings. The summed E-state index contributed by atoms with van der Waals surface area (Å²) >= 11 is 0. The van der Waals surface area contributed by atoms with E-state index in [2.05, 4.69) is 13.8 Å². The Morgan fingerprint density at radius 3 is 1.76 bits per heavy atom.